The van der Waals surface area contributed by atoms with Crippen molar-refractivity contribution in [3.05, 3.63) is 11.1 Å². The van der Waals surface area contributed by atoms with E-state index >= 15 is 0 Å². The standard InChI is InChI=1S/C13H20N2O2S2/c1-15(7-3-5-10-6-4-8-17-10)12(16)11-9-19-13(14-11)18-2/h9-10H,3-8H2,1-2H3/t10-/m1/s1. The van der Waals surface area contributed by atoms with Gasteiger partial charge in [-0.25, -0.2) is 4.98 Å². The van der Waals surface area contributed by atoms with Crippen LogP contribution in [0.5, 0.6) is 0 Å². The molecule has 0 bridgehead atoms. The summed E-state index contributed by atoms with van der Waals surface area (Å²) in [6, 6.07) is 0. The van der Waals surface area contributed by atoms with Gasteiger partial charge in [-0.05, 0) is 31.9 Å². The third-order valence-electron chi connectivity index (χ3n) is 3.27. The first kappa shape index (κ1) is 14.8. The third-order valence-corrected chi connectivity index (χ3v) is 5.13. The van der Waals surface area contributed by atoms with Gasteiger partial charge in [-0.2, -0.15) is 0 Å². The van der Waals surface area contributed by atoms with Crippen LogP contribution in [0.2, 0.25) is 0 Å². The van der Waals surface area contributed by atoms with Crippen LogP contribution in [0.3, 0.4) is 0 Å². The van der Waals surface area contributed by atoms with E-state index in [1.165, 1.54) is 24.2 Å². The molecule has 106 valence electrons. The highest BCUT2D eigenvalue weighted by Crippen LogP contribution is 2.21. The second-order valence-electron chi connectivity index (χ2n) is 4.71. The van der Waals surface area contributed by atoms with E-state index in [4.69, 9.17) is 4.74 Å². The van der Waals surface area contributed by atoms with Gasteiger partial charge < -0.3 is 9.64 Å². The third kappa shape index (κ3) is 4.19. The van der Waals surface area contributed by atoms with E-state index in [-0.39, 0.29) is 5.91 Å². The van der Waals surface area contributed by atoms with E-state index in [1.54, 1.807) is 16.7 Å². The van der Waals surface area contributed by atoms with Gasteiger partial charge in [-0.15, -0.1) is 11.3 Å². The molecule has 1 saturated heterocycles. The van der Waals surface area contributed by atoms with Gasteiger partial charge >= 0.3 is 0 Å². The number of thiazole rings is 1. The Morgan fingerprint density at radius 2 is 2.53 bits per heavy atom. The first-order valence-electron chi connectivity index (χ1n) is 6.57. The molecule has 1 fully saturated rings. The van der Waals surface area contributed by atoms with Crippen molar-refractivity contribution < 1.29 is 9.53 Å². The molecule has 4 nitrogen and oxygen atoms in total. The van der Waals surface area contributed by atoms with Crippen molar-refractivity contribution in [2.24, 2.45) is 0 Å². The van der Waals surface area contributed by atoms with Crippen molar-refractivity contribution in [2.75, 3.05) is 26.5 Å². The summed E-state index contributed by atoms with van der Waals surface area (Å²) >= 11 is 3.10. The minimum Gasteiger partial charge on any atom is -0.378 e. The summed E-state index contributed by atoms with van der Waals surface area (Å²) in [5.74, 6) is 0.0175. The Bertz CT molecular complexity index is 417. The largest absolute Gasteiger partial charge is 0.378 e. The SMILES string of the molecule is CSc1nc(C(=O)N(C)CCC[C@@H]2CCCO2)cs1. The number of ether oxygens (including phenoxy) is 1. The van der Waals surface area contributed by atoms with E-state index in [2.05, 4.69) is 4.98 Å². The molecule has 0 aliphatic carbocycles. The number of amides is 1. The zero-order valence-corrected chi connectivity index (χ0v) is 13.1. The van der Waals surface area contributed by atoms with E-state index < -0.39 is 0 Å². The van der Waals surface area contributed by atoms with Crippen molar-refractivity contribution in [1.82, 2.24) is 9.88 Å². The molecule has 0 spiro atoms. The molecule has 0 radical (unpaired) electrons. The Kier molecular flexibility index (Phi) is 5.66. The number of thioether (sulfide) groups is 1. The number of hydrogen-bond donors (Lipinski definition) is 0. The van der Waals surface area contributed by atoms with Crippen LogP contribution in [0.25, 0.3) is 0 Å². The molecule has 19 heavy (non-hydrogen) atoms. The average molecular weight is 300 g/mol. The maximum absolute atomic E-state index is 12.1. The van der Waals surface area contributed by atoms with Crippen LogP contribution < -0.4 is 0 Å². The van der Waals surface area contributed by atoms with Crippen molar-refractivity contribution in [1.29, 1.82) is 0 Å². The number of hydrogen-bond acceptors (Lipinski definition) is 5. The summed E-state index contributed by atoms with van der Waals surface area (Å²) in [5, 5.41) is 1.84. The molecule has 1 amide bonds. The van der Waals surface area contributed by atoms with Gasteiger partial charge in [0.2, 0.25) is 0 Å². The number of aromatic nitrogens is 1. The second kappa shape index (κ2) is 7.26. The second-order valence-corrected chi connectivity index (χ2v) is 6.62. The van der Waals surface area contributed by atoms with Crippen LogP contribution in [0, 0.1) is 0 Å². The van der Waals surface area contributed by atoms with Crippen molar-refractivity contribution in [2.45, 2.75) is 36.1 Å². The normalized spacial score (nSPS) is 18.7. The van der Waals surface area contributed by atoms with Crippen molar-refractivity contribution in [3.63, 3.8) is 0 Å². The molecule has 1 atom stereocenters. The predicted molar refractivity (Wildman–Crippen MR) is 79.1 cm³/mol. The van der Waals surface area contributed by atoms with Crippen molar-refractivity contribution >= 4 is 29.0 Å². The van der Waals surface area contributed by atoms with Crippen LogP contribution in [-0.4, -0.2) is 48.4 Å². The monoisotopic (exact) mass is 300 g/mol. The molecule has 2 heterocycles. The molecule has 0 unspecified atom stereocenters. The fraction of sp³-hybridized carbons (Fsp3) is 0.692. The van der Waals surface area contributed by atoms with Gasteiger partial charge in [0.1, 0.15) is 10.0 Å². The van der Waals surface area contributed by atoms with Gasteiger partial charge in [0.15, 0.2) is 0 Å². The molecular weight excluding hydrogens is 280 g/mol. The van der Waals surface area contributed by atoms with Crippen LogP contribution >= 0.6 is 23.1 Å². The number of carbonyl (C=O) groups excluding carboxylic acids is 1. The lowest BCUT2D eigenvalue weighted by atomic mass is 10.1. The highest BCUT2D eigenvalue weighted by Gasteiger charge is 2.18. The quantitative estimate of drug-likeness (QED) is 0.758. The molecular formula is C13H20N2O2S2. The minimum absolute atomic E-state index is 0.0175. The highest BCUT2D eigenvalue weighted by molar-refractivity contribution is 8.00. The molecule has 1 aromatic heterocycles. The fourth-order valence-corrected chi connectivity index (χ4v) is 3.41. The molecule has 2 rings (SSSR count). The number of rotatable bonds is 6. The average Bonchev–Trinajstić information content (AvgIpc) is 3.08. The fourth-order valence-electron chi connectivity index (χ4n) is 2.17. The Hall–Kier alpha value is -0.590. The van der Waals surface area contributed by atoms with Crippen LogP contribution in [0.4, 0.5) is 0 Å². The van der Waals surface area contributed by atoms with E-state index in [9.17, 15) is 4.79 Å². The first-order valence-corrected chi connectivity index (χ1v) is 8.67. The van der Waals surface area contributed by atoms with Gasteiger partial charge in [-0.1, -0.05) is 11.8 Å². The molecule has 0 N–H and O–H groups in total. The Balaban J connectivity index is 1.75. The summed E-state index contributed by atoms with van der Waals surface area (Å²) in [6.07, 6.45) is 6.76. The lowest BCUT2D eigenvalue weighted by Crippen LogP contribution is -2.28. The number of carbonyl (C=O) groups is 1. The van der Waals surface area contributed by atoms with Gasteiger partial charge in [0.25, 0.3) is 5.91 Å². The van der Waals surface area contributed by atoms with Crippen molar-refractivity contribution in [3.8, 4) is 0 Å². The summed E-state index contributed by atoms with van der Waals surface area (Å²) in [7, 11) is 1.84. The van der Waals surface area contributed by atoms with E-state index in [0.29, 0.717) is 11.8 Å². The Morgan fingerprint density at radius 3 is 3.16 bits per heavy atom. The summed E-state index contributed by atoms with van der Waals surface area (Å²) in [4.78, 5) is 18.2. The molecule has 1 aliphatic heterocycles. The maximum atomic E-state index is 12.1. The molecule has 0 saturated carbocycles. The zero-order valence-electron chi connectivity index (χ0n) is 11.4. The predicted octanol–water partition coefficient (Wildman–Crippen LogP) is 2.90. The maximum Gasteiger partial charge on any atom is 0.273 e. The topological polar surface area (TPSA) is 42.4 Å². The molecule has 1 aromatic rings. The molecule has 6 heteroatoms. The Labute approximate surface area is 122 Å². The van der Waals surface area contributed by atoms with Gasteiger partial charge in [0.05, 0.1) is 6.10 Å². The molecule has 1 aliphatic rings. The lowest BCUT2D eigenvalue weighted by Gasteiger charge is -2.17. The van der Waals surface area contributed by atoms with E-state index in [1.807, 2.05) is 18.7 Å². The smallest absolute Gasteiger partial charge is 0.273 e. The zero-order chi connectivity index (χ0) is 13.7. The molecule has 0 aromatic carbocycles. The van der Waals surface area contributed by atoms with Crippen LogP contribution in [0.1, 0.15) is 36.2 Å². The number of nitrogens with zero attached hydrogens (tertiary/aromatic N) is 2. The lowest BCUT2D eigenvalue weighted by molar-refractivity contribution is 0.0758. The summed E-state index contributed by atoms with van der Waals surface area (Å²) < 4.78 is 6.52. The van der Waals surface area contributed by atoms with Crippen LogP contribution in [-0.2, 0) is 4.74 Å². The summed E-state index contributed by atoms with van der Waals surface area (Å²) in [5.41, 5.74) is 0.564. The van der Waals surface area contributed by atoms with Gasteiger partial charge in [-0.3, -0.25) is 4.79 Å². The van der Waals surface area contributed by atoms with Gasteiger partial charge in [0, 0.05) is 25.6 Å². The summed E-state index contributed by atoms with van der Waals surface area (Å²) in [6.45, 7) is 1.67. The minimum atomic E-state index is 0.0175. The van der Waals surface area contributed by atoms with E-state index in [0.717, 1.165) is 30.3 Å². The highest BCUT2D eigenvalue weighted by atomic mass is 32.2. The van der Waals surface area contributed by atoms with Crippen LogP contribution in [0.15, 0.2) is 9.72 Å². The first-order chi connectivity index (χ1) is 9.20. The Morgan fingerprint density at radius 1 is 1.68 bits per heavy atom.